The molecule has 0 aliphatic carbocycles. The molecule has 0 atom stereocenters. The summed E-state index contributed by atoms with van der Waals surface area (Å²) in [4.78, 5) is 26.6. The van der Waals surface area contributed by atoms with Gasteiger partial charge in [0.15, 0.2) is 0 Å². The largest absolute Gasteiger partial charge is 0.280 e. The van der Waals surface area contributed by atoms with Gasteiger partial charge < -0.3 is 0 Å². The normalized spacial score (nSPS) is 13.5. The SMILES string of the molecule is Cc1ccc(S(=O)(=O)Nc2ccc(C)c(CN3C(=O)c4ccccc4C3=O)c2)cc1. The Morgan fingerprint density at radius 3 is 2.03 bits per heavy atom. The molecule has 1 aliphatic rings. The van der Waals surface area contributed by atoms with Crippen LogP contribution in [0.15, 0.2) is 71.6 Å². The highest BCUT2D eigenvalue weighted by atomic mass is 32.2. The molecular weight excluding hydrogens is 400 g/mol. The van der Waals surface area contributed by atoms with E-state index in [1.54, 1.807) is 66.7 Å². The van der Waals surface area contributed by atoms with E-state index >= 15 is 0 Å². The first-order valence-corrected chi connectivity index (χ1v) is 10.9. The fourth-order valence-electron chi connectivity index (χ4n) is 3.39. The summed E-state index contributed by atoms with van der Waals surface area (Å²) < 4.78 is 27.9. The van der Waals surface area contributed by atoms with Crippen molar-refractivity contribution in [3.63, 3.8) is 0 Å². The van der Waals surface area contributed by atoms with Crippen LogP contribution in [0.5, 0.6) is 0 Å². The summed E-state index contributed by atoms with van der Waals surface area (Å²) in [5.41, 5.74) is 3.64. The van der Waals surface area contributed by atoms with E-state index in [4.69, 9.17) is 0 Å². The van der Waals surface area contributed by atoms with Crippen molar-refractivity contribution in [3.8, 4) is 0 Å². The number of rotatable bonds is 5. The second-order valence-corrected chi connectivity index (χ2v) is 8.98. The fourth-order valence-corrected chi connectivity index (χ4v) is 4.44. The highest BCUT2D eigenvalue weighted by molar-refractivity contribution is 7.92. The molecule has 152 valence electrons. The van der Waals surface area contributed by atoms with Gasteiger partial charge in [-0.25, -0.2) is 8.42 Å². The van der Waals surface area contributed by atoms with Crippen molar-refractivity contribution in [2.24, 2.45) is 0 Å². The van der Waals surface area contributed by atoms with E-state index in [2.05, 4.69) is 4.72 Å². The summed E-state index contributed by atoms with van der Waals surface area (Å²) in [6.07, 6.45) is 0. The molecule has 0 aromatic heterocycles. The number of carbonyl (C=O) groups is 2. The minimum Gasteiger partial charge on any atom is -0.280 e. The summed E-state index contributed by atoms with van der Waals surface area (Å²) in [5, 5.41) is 0. The molecule has 6 nitrogen and oxygen atoms in total. The van der Waals surface area contributed by atoms with Gasteiger partial charge in [-0.1, -0.05) is 35.9 Å². The van der Waals surface area contributed by atoms with E-state index in [0.29, 0.717) is 22.4 Å². The Morgan fingerprint density at radius 2 is 1.43 bits per heavy atom. The zero-order chi connectivity index (χ0) is 21.5. The topological polar surface area (TPSA) is 83.6 Å². The number of anilines is 1. The van der Waals surface area contributed by atoms with E-state index in [0.717, 1.165) is 11.1 Å². The van der Waals surface area contributed by atoms with Crippen LogP contribution in [0.3, 0.4) is 0 Å². The average Bonchev–Trinajstić information content (AvgIpc) is 2.96. The van der Waals surface area contributed by atoms with Gasteiger partial charge in [0.2, 0.25) is 0 Å². The number of nitrogens with one attached hydrogen (secondary N) is 1. The lowest BCUT2D eigenvalue weighted by molar-refractivity contribution is 0.0642. The number of aryl methyl sites for hydroxylation is 2. The summed E-state index contributed by atoms with van der Waals surface area (Å²) in [6.45, 7) is 3.80. The summed E-state index contributed by atoms with van der Waals surface area (Å²) >= 11 is 0. The molecule has 30 heavy (non-hydrogen) atoms. The quantitative estimate of drug-likeness (QED) is 0.635. The molecule has 1 heterocycles. The van der Waals surface area contributed by atoms with Crippen LogP contribution >= 0.6 is 0 Å². The first kappa shape index (κ1) is 19.8. The molecule has 0 bridgehead atoms. The van der Waals surface area contributed by atoms with Crippen LogP contribution < -0.4 is 4.72 Å². The third kappa shape index (κ3) is 3.59. The summed E-state index contributed by atoms with van der Waals surface area (Å²) in [5.74, 6) is -0.693. The predicted octanol–water partition coefficient (Wildman–Crippen LogP) is 3.90. The lowest BCUT2D eigenvalue weighted by Crippen LogP contribution is -2.29. The van der Waals surface area contributed by atoms with Gasteiger partial charge in [-0.15, -0.1) is 0 Å². The summed E-state index contributed by atoms with van der Waals surface area (Å²) in [7, 11) is -3.75. The minimum absolute atomic E-state index is 0.0677. The standard InChI is InChI=1S/C23H20N2O4S/c1-15-7-11-19(12-8-15)30(28,29)24-18-10-9-16(2)17(13-18)14-25-22(26)20-5-3-4-6-21(20)23(25)27/h3-13,24H,14H2,1-2H3. The number of benzene rings is 3. The maximum absolute atomic E-state index is 12.7. The lowest BCUT2D eigenvalue weighted by atomic mass is 10.1. The molecule has 1 aliphatic heterocycles. The number of sulfonamides is 1. The van der Waals surface area contributed by atoms with Crippen LogP contribution in [0.2, 0.25) is 0 Å². The van der Waals surface area contributed by atoms with Crippen molar-refractivity contribution < 1.29 is 18.0 Å². The van der Waals surface area contributed by atoms with Gasteiger partial charge in [0.05, 0.1) is 22.6 Å². The second kappa shape index (κ2) is 7.42. The number of carbonyl (C=O) groups excluding carboxylic acids is 2. The van der Waals surface area contributed by atoms with Crippen LogP contribution in [0.1, 0.15) is 37.4 Å². The van der Waals surface area contributed by atoms with Gasteiger partial charge in [0, 0.05) is 5.69 Å². The molecule has 2 amide bonds. The maximum Gasteiger partial charge on any atom is 0.261 e. The van der Waals surface area contributed by atoms with Crippen LogP contribution in [0.25, 0.3) is 0 Å². The number of imide groups is 1. The van der Waals surface area contributed by atoms with Crippen molar-refractivity contribution in [1.29, 1.82) is 0 Å². The van der Waals surface area contributed by atoms with E-state index in [1.165, 1.54) is 4.90 Å². The Bertz CT molecular complexity index is 1230. The van der Waals surface area contributed by atoms with E-state index in [1.807, 2.05) is 13.8 Å². The van der Waals surface area contributed by atoms with E-state index in [9.17, 15) is 18.0 Å². The van der Waals surface area contributed by atoms with Crippen LogP contribution in [-0.2, 0) is 16.6 Å². The van der Waals surface area contributed by atoms with Crippen LogP contribution in [0.4, 0.5) is 5.69 Å². The number of hydrogen-bond acceptors (Lipinski definition) is 4. The molecule has 3 aromatic carbocycles. The highest BCUT2D eigenvalue weighted by Gasteiger charge is 2.35. The zero-order valence-corrected chi connectivity index (χ0v) is 17.4. The fraction of sp³-hybridized carbons (Fsp3) is 0.130. The van der Waals surface area contributed by atoms with Crippen LogP contribution in [-0.4, -0.2) is 25.1 Å². The molecule has 0 saturated heterocycles. The average molecular weight is 420 g/mol. The Hall–Kier alpha value is -3.45. The first-order valence-electron chi connectivity index (χ1n) is 9.40. The van der Waals surface area contributed by atoms with Gasteiger partial charge in [-0.3, -0.25) is 19.2 Å². The Labute approximate surface area is 175 Å². The lowest BCUT2D eigenvalue weighted by Gasteiger charge is -2.17. The number of hydrogen-bond donors (Lipinski definition) is 1. The Kier molecular flexibility index (Phi) is 4.91. The zero-order valence-electron chi connectivity index (χ0n) is 16.5. The molecule has 0 radical (unpaired) electrons. The van der Waals surface area contributed by atoms with Crippen molar-refractivity contribution in [2.75, 3.05) is 4.72 Å². The second-order valence-electron chi connectivity index (χ2n) is 7.30. The van der Waals surface area contributed by atoms with Crippen molar-refractivity contribution in [2.45, 2.75) is 25.3 Å². The predicted molar refractivity (Wildman–Crippen MR) is 114 cm³/mol. The van der Waals surface area contributed by atoms with E-state index in [-0.39, 0.29) is 23.3 Å². The van der Waals surface area contributed by atoms with E-state index < -0.39 is 10.0 Å². The molecule has 1 N–H and O–H groups in total. The minimum atomic E-state index is -3.75. The van der Waals surface area contributed by atoms with Crippen molar-refractivity contribution >= 4 is 27.5 Å². The highest BCUT2D eigenvalue weighted by Crippen LogP contribution is 2.27. The number of fused-ring (bicyclic) bond motifs is 1. The maximum atomic E-state index is 12.7. The smallest absolute Gasteiger partial charge is 0.261 e. The third-order valence-electron chi connectivity index (χ3n) is 5.14. The molecule has 0 unspecified atom stereocenters. The third-order valence-corrected chi connectivity index (χ3v) is 6.54. The van der Waals surface area contributed by atoms with Gasteiger partial charge in [-0.2, -0.15) is 0 Å². The molecular formula is C23H20N2O4S. The molecule has 0 fully saturated rings. The molecule has 4 rings (SSSR count). The van der Waals surface area contributed by atoms with Crippen LogP contribution in [0, 0.1) is 13.8 Å². The summed E-state index contributed by atoms with van der Waals surface area (Å²) in [6, 6.07) is 18.4. The monoisotopic (exact) mass is 420 g/mol. The molecule has 0 saturated carbocycles. The van der Waals surface area contributed by atoms with Crippen molar-refractivity contribution in [1.82, 2.24) is 4.90 Å². The van der Waals surface area contributed by atoms with Gasteiger partial charge >= 0.3 is 0 Å². The van der Waals surface area contributed by atoms with Gasteiger partial charge in [0.25, 0.3) is 21.8 Å². The van der Waals surface area contributed by atoms with Crippen molar-refractivity contribution in [3.05, 3.63) is 94.5 Å². The molecule has 0 spiro atoms. The first-order chi connectivity index (χ1) is 14.3. The number of nitrogens with zero attached hydrogens (tertiary/aromatic N) is 1. The van der Waals surface area contributed by atoms with Gasteiger partial charge in [-0.05, 0) is 61.4 Å². The Morgan fingerprint density at radius 1 is 0.833 bits per heavy atom. The number of amides is 2. The molecule has 3 aromatic rings. The Balaban J connectivity index is 1.59. The van der Waals surface area contributed by atoms with Gasteiger partial charge in [0.1, 0.15) is 0 Å². The molecule has 7 heteroatoms.